The van der Waals surface area contributed by atoms with Crippen molar-refractivity contribution in [1.29, 1.82) is 0 Å². The number of hydrogen-bond acceptors (Lipinski definition) is 4. The minimum atomic E-state index is -0.691. The van der Waals surface area contributed by atoms with Gasteiger partial charge in [0.15, 0.2) is 6.29 Å². The van der Waals surface area contributed by atoms with Crippen LogP contribution in [-0.4, -0.2) is 30.1 Å². The molecule has 0 fully saturated rings. The Morgan fingerprint density at radius 2 is 2.19 bits per heavy atom. The van der Waals surface area contributed by atoms with Gasteiger partial charge in [-0.15, -0.1) is 0 Å². The summed E-state index contributed by atoms with van der Waals surface area (Å²) in [6.45, 7) is 3.79. The summed E-state index contributed by atoms with van der Waals surface area (Å²) in [4.78, 5) is 10.5. The van der Waals surface area contributed by atoms with Crippen molar-refractivity contribution in [2.75, 3.05) is 6.61 Å². The number of hydrogen-bond donors (Lipinski definition) is 1. The van der Waals surface area contributed by atoms with Crippen LogP contribution in [0, 0.1) is 5.92 Å². The third-order valence-corrected chi connectivity index (χ3v) is 2.58. The molecule has 0 radical (unpaired) electrons. The minimum Gasteiger partial charge on any atom is -0.466 e. The number of ether oxygens (including phenoxy) is 2. The molecular formula is C12H20O4. The number of esters is 1. The second-order valence-electron chi connectivity index (χ2n) is 4.14. The standard InChI is InChI=1S/C12H20O4/c1-9-6-7-11(16-12(9)14)5-3-4-8-15-10(2)13/h6-7,9,11-12,14H,3-5,8H2,1-2H3. The summed E-state index contributed by atoms with van der Waals surface area (Å²) >= 11 is 0. The maximum atomic E-state index is 10.5. The summed E-state index contributed by atoms with van der Waals surface area (Å²) in [6.07, 6.45) is 5.87. The highest BCUT2D eigenvalue weighted by molar-refractivity contribution is 5.65. The molecule has 0 spiro atoms. The van der Waals surface area contributed by atoms with Crippen LogP contribution in [-0.2, 0) is 14.3 Å². The topological polar surface area (TPSA) is 55.8 Å². The van der Waals surface area contributed by atoms with Crippen LogP contribution in [0.4, 0.5) is 0 Å². The van der Waals surface area contributed by atoms with E-state index < -0.39 is 6.29 Å². The molecule has 1 heterocycles. The monoisotopic (exact) mass is 228 g/mol. The Balaban J connectivity index is 2.10. The van der Waals surface area contributed by atoms with Crippen molar-refractivity contribution in [2.45, 2.75) is 45.5 Å². The second kappa shape index (κ2) is 6.66. The molecule has 3 atom stereocenters. The highest BCUT2D eigenvalue weighted by Gasteiger charge is 2.21. The molecule has 0 aromatic heterocycles. The minimum absolute atomic E-state index is 0.0106. The third kappa shape index (κ3) is 4.77. The summed E-state index contributed by atoms with van der Waals surface area (Å²) in [5.41, 5.74) is 0. The van der Waals surface area contributed by atoms with E-state index in [0.29, 0.717) is 6.61 Å². The highest BCUT2D eigenvalue weighted by atomic mass is 16.6. The lowest BCUT2D eigenvalue weighted by Crippen LogP contribution is -2.29. The van der Waals surface area contributed by atoms with E-state index in [1.807, 2.05) is 19.1 Å². The quantitative estimate of drug-likeness (QED) is 0.441. The molecule has 16 heavy (non-hydrogen) atoms. The van der Waals surface area contributed by atoms with Crippen LogP contribution in [0.3, 0.4) is 0 Å². The van der Waals surface area contributed by atoms with Gasteiger partial charge in [0.25, 0.3) is 0 Å². The number of aliphatic hydroxyl groups is 1. The molecule has 1 aliphatic rings. The number of carbonyl (C=O) groups is 1. The van der Waals surface area contributed by atoms with Crippen LogP contribution < -0.4 is 0 Å². The number of rotatable bonds is 5. The Labute approximate surface area is 96.2 Å². The van der Waals surface area contributed by atoms with Gasteiger partial charge in [-0.05, 0) is 19.3 Å². The summed E-state index contributed by atoms with van der Waals surface area (Å²) in [5, 5.41) is 9.48. The van der Waals surface area contributed by atoms with E-state index in [9.17, 15) is 9.90 Å². The number of aliphatic hydroxyl groups excluding tert-OH is 1. The molecule has 92 valence electrons. The molecule has 0 bridgehead atoms. The van der Waals surface area contributed by atoms with Gasteiger partial charge in [-0.25, -0.2) is 0 Å². The lowest BCUT2D eigenvalue weighted by molar-refractivity contribution is -0.150. The van der Waals surface area contributed by atoms with E-state index in [1.54, 1.807) is 0 Å². The first-order valence-electron chi connectivity index (χ1n) is 5.75. The fourth-order valence-corrected chi connectivity index (χ4v) is 1.57. The van der Waals surface area contributed by atoms with E-state index in [2.05, 4.69) is 0 Å². The SMILES string of the molecule is CC(=O)OCCCCC1C=CC(C)C(O)O1. The van der Waals surface area contributed by atoms with Crippen molar-refractivity contribution in [2.24, 2.45) is 5.92 Å². The van der Waals surface area contributed by atoms with Crippen LogP contribution in [0.25, 0.3) is 0 Å². The number of carbonyl (C=O) groups excluding carboxylic acids is 1. The van der Waals surface area contributed by atoms with Crippen molar-refractivity contribution >= 4 is 5.97 Å². The lowest BCUT2D eigenvalue weighted by Gasteiger charge is -2.26. The van der Waals surface area contributed by atoms with Crippen LogP contribution in [0.2, 0.25) is 0 Å². The molecular weight excluding hydrogens is 208 g/mol. The first-order chi connectivity index (χ1) is 7.59. The summed E-state index contributed by atoms with van der Waals surface area (Å²) in [5.74, 6) is -0.171. The van der Waals surface area contributed by atoms with Gasteiger partial charge in [-0.2, -0.15) is 0 Å². The summed E-state index contributed by atoms with van der Waals surface area (Å²) in [6, 6.07) is 0. The zero-order valence-electron chi connectivity index (χ0n) is 9.89. The van der Waals surface area contributed by atoms with Gasteiger partial charge in [-0.3, -0.25) is 4.79 Å². The number of unbranched alkanes of at least 4 members (excludes halogenated alkanes) is 1. The predicted octanol–water partition coefficient (Wildman–Crippen LogP) is 1.63. The van der Waals surface area contributed by atoms with E-state index >= 15 is 0 Å². The van der Waals surface area contributed by atoms with E-state index in [1.165, 1.54) is 6.92 Å². The summed E-state index contributed by atoms with van der Waals surface area (Å²) < 4.78 is 10.2. The van der Waals surface area contributed by atoms with Crippen molar-refractivity contribution in [3.8, 4) is 0 Å². The lowest BCUT2D eigenvalue weighted by atomic mass is 10.0. The Morgan fingerprint density at radius 1 is 1.44 bits per heavy atom. The Morgan fingerprint density at radius 3 is 2.81 bits per heavy atom. The average Bonchev–Trinajstić information content (AvgIpc) is 2.22. The Kier molecular flexibility index (Phi) is 5.49. The molecule has 0 aromatic rings. The Hall–Kier alpha value is -0.870. The zero-order chi connectivity index (χ0) is 12.0. The molecule has 0 saturated heterocycles. The molecule has 1 N–H and O–H groups in total. The second-order valence-corrected chi connectivity index (χ2v) is 4.14. The molecule has 0 aromatic carbocycles. The van der Waals surface area contributed by atoms with Crippen molar-refractivity contribution < 1.29 is 19.4 Å². The van der Waals surface area contributed by atoms with Crippen molar-refractivity contribution in [3.05, 3.63) is 12.2 Å². The highest BCUT2D eigenvalue weighted by Crippen LogP contribution is 2.19. The van der Waals surface area contributed by atoms with E-state index in [4.69, 9.17) is 9.47 Å². The smallest absolute Gasteiger partial charge is 0.302 e. The van der Waals surface area contributed by atoms with Crippen LogP contribution in [0.15, 0.2) is 12.2 Å². The summed E-state index contributed by atoms with van der Waals surface area (Å²) in [7, 11) is 0. The largest absolute Gasteiger partial charge is 0.466 e. The molecule has 0 saturated carbocycles. The zero-order valence-corrected chi connectivity index (χ0v) is 9.89. The molecule has 1 rings (SSSR count). The van der Waals surface area contributed by atoms with Gasteiger partial charge < -0.3 is 14.6 Å². The van der Waals surface area contributed by atoms with E-state index in [0.717, 1.165) is 19.3 Å². The first kappa shape index (κ1) is 13.2. The van der Waals surface area contributed by atoms with Gasteiger partial charge in [0.1, 0.15) is 0 Å². The fourth-order valence-electron chi connectivity index (χ4n) is 1.57. The maximum absolute atomic E-state index is 10.5. The molecule has 4 heteroatoms. The van der Waals surface area contributed by atoms with E-state index in [-0.39, 0.29) is 18.0 Å². The van der Waals surface area contributed by atoms with Gasteiger partial charge in [-0.1, -0.05) is 19.1 Å². The van der Waals surface area contributed by atoms with Crippen LogP contribution in [0.1, 0.15) is 33.1 Å². The Bertz CT molecular complexity index is 249. The molecule has 3 unspecified atom stereocenters. The fraction of sp³-hybridized carbons (Fsp3) is 0.750. The van der Waals surface area contributed by atoms with Gasteiger partial charge in [0.2, 0.25) is 0 Å². The van der Waals surface area contributed by atoms with Crippen molar-refractivity contribution in [3.63, 3.8) is 0 Å². The average molecular weight is 228 g/mol. The third-order valence-electron chi connectivity index (χ3n) is 2.58. The van der Waals surface area contributed by atoms with Gasteiger partial charge in [0, 0.05) is 12.8 Å². The normalized spacial score (nSPS) is 29.1. The van der Waals surface area contributed by atoms with Crippen LogP contribution in [0.5, 0.6) is 0 Å². The molecule has 0 amide bonds. The van der Waals surface area contributed by atoms with Crippen LogP contribution >= 0.6 is 0 Å². The predicted molar refractivity (Wildman–Crippen MR) is 59.7 cm³/mol. The first-order valence-corrected chi connectivity index (χ1v) is 5.75. The molecule has 4 nitrogen and oxygen atoms in total. The van der Waals surface area contributed by atoms with Gasteiger partial charge >= 0.3 is 5.97 Å². The molecule has 0 aliphatic carbocycles. The molecule has 1 aliphatic heterocycles. The van der Waals surface area contributed by atoms with Gasteiger partial charge in [0.05, 0.1) is 12.7 Å². The maximum Gasteiger partial charge on any atom is 0.302 e. The van der Waals surface area contributed by atoms with Crippen molar-refractivity contribution in [1.82, 2.24) is 0 Å².